The van der Waals surface area contributed by atoms with Crippen molar-refractivity contribution >= 4 is 86.8 Å². The summed E-state index contributed by atoms with van der Waals surface area (Å²) < 4.78 is 9.21. The molecule has 3 aromatic heterocycles. The second-order valence-electron chi connectivity index (χ2n) is 15.6. The lowest BCUT2D eigenvalue weighted by atomic mass is 9.97. The van der Waals surface area contributed by atoms with E-state index < -0.39 is 0 Å². The molecule has 0 atom stereocenters. The summed E-state index contributed by atoms with van der Waals surface area (Å²) in [6.07, 6.45) is 0. The molecule has 0 amide bonds. The largest absolute Gasteiger partial charge is 0.455 e. The Bertz CT molecular complexity index is 3900. The summed E-state index contributed by atoms with van der Waals surface area (Å²) >= 11 is 0. The molecule has 0 bridgehead atoms. The number of fused-ring (bicyclic) bond motifs is 12. The molecule has 278 valence electrons. The van der Waals surface area contributed by atoms with Crippen molar-refractivity contribution in [2.24, 2.45) is 0 Å². The van der Waals surface area contributed by atoms with Crippen LogP contribution in [-0.4, -0.2) is 19.5 Å². The van der Waals surface area contributed by atoms with Gasteiger partial charge in [0, 0.05) is 38.4 Å². The van der Waals surface area contributed by atoms with Crippen LogP contribution in [0.25, 0.3) is 127 Å². The molecule has 10 aromatic carbocycles. The predicted octanol–water partition coefficient (Wildman–Crippen LogP) is 14.5. The quantitative estimate of drug-likeness (QED) is 0.167. The predicted molar refractivity (Wildman–Crippen MR) is 248 cm³/mol. The van der Waals surface area contributed by atoms with E-state index in [-0.39, 0.29) is 0 Å². The van der Waals surface area contributed by atoms with Crippen LogP contribution in [0.3, 0.4) is 0 Å². The van der Waals surface area contributed by atoms with E-state index in [4.69, 9.17) is 19.4 Å². The number of aromatic nitrogens is 4. The molecule has 0 saturated heterocycles. The molecular formula is C55H32N4O. The van der Waals surface area contributed by atoms with Gasteiger partial charge in [0.05, 0.1) is 16.6 Å². The van der Waals surface area contributed by atoms with Crippen molar-refractivity contribution in [1.82, 2.24) is 19.5 Å². The fourth-order valence-electron chi connectivity index (χ4n) is 9.43. The molecular weight excluding hydrogens is 733 g/mol. The van der Waals surface area contributed by atoms with Gasteiger partial charge in [-0.3, -0.25) is 0 Å². The van der Waals surface area contributed by atoms with Crippen LogP contribution in [0.5, 0.6) is 0 Å². The van der Waals surface area contributed by atoms with E-state index in [1.54, 1.807) is 0 Å². The highest BCUT2D eigenvalue weighted by molar-refractivity contribution is 6.21. The van der Waals surface area contributed by atoms with Gasteiger partial charge in [-0.1, -0.05) is 146 Å². The minimum Gasteiger partial charge on any atom is -0.455 e. The number of para-hydroxylation sites is 2. The molecule has 0 N–H and O–H groups in total. The van der Waals surface area contributed by atoms with Gasteiger partial charge in [0.25, 0.3) is 0 Å². The molecule has 60 heavy (non-hydrogen) atoms. The third-order valence-electron chi connectivity index (χ3n) is 12.2. The summed E-state index contributed by atoms with van der Waals surface area (Å²) in [6.45, 7) is 0. The minimum absolute atomic E-state index is 0.561. The Morgan fingerprint density at radius 1 is 0.350 bits per heavy atom. The van der Waals surface area contributed by atoms with Crippen LogP contribution >= 0.6 is 0 Å². The number of rotatable bonds is 4. The Morgan fingerprint density at radius 2 is 1.00 bits per heavy atom. The number of nitrogens with zero attached hydrogens (tertiary/aromatic N) is 4. The van der Waals surface area contributed by atoms with E-state index in [1.807, 2.05) is 30.3 Å². The van der Waals surface area contributed by atoms with E-state index in [0.29, 0.717) is 17.5 Å². The fraction of sp³-hybridized carbons (Fsp3) is 0. The molecule has 5 nitrogen and oxygen atoms in total. The van der Waals surface area contributed by atoms with Gasteiger partial charge in [0.2, 0.25) is 0 Å². The maximum atomic E-state index is 6.82. The summed E-state index contributed by atoms with van der Waals surface area (Å²) in [4.78, 5) is 15.6. The van der Waals surface area contributed by atoms with Crippen molar-refractivity contribution in [3.8, 4) is 39.9 Å². The third kappa shape index (κ3) is 4.90. The van der Waals surface area contributed by atoms with Crippen LogP contribution in [0.4, 0.5) is 0 Å². The molecule has 0 radical (unpaired) electrons. The van der Waals surface area contributed by atoms with E-state index in [9.17, 15) is 0 Å². The van der Waals surface area contributed by atoms with Crippen molar-refractivity contribution in [2.75, 3.05) is 0 Å². The number of hydrogen-bond acceptors (Lipinski definition) is 4. The lowest BCUT2D eigenvalue weighted by Crippen LogP contribution is -2.01. The zero-order chi connectivity index (χ0) is 39.3. The molecule has 0 spiro atoms. The second-order valence-corrected chi connectivity index (χ2v) is 15.6. The monoisotopic (exact) mass is 764 g/mol. The highest BCUT2D eigenvalue weighted by Crippen LogP contribution is 2.42. The first kappa shape index (κ1) is 32.9. The first-order valence-corrected chi connectivity index (χ1v) is 20.3. The van der Waals surface area contributed by atoms with Crippen LogP contribution in [-0.2, 0) is 0 Å². The lowest BCUT2D eigenvalue weighted by Gasteiger charge is -2.12. The SMILES string of the molecule is c1ccc(-c2nc(-c3cc4ccccc4c4ccccc34)nc(-c3cccc4c3oc3ccc5cc(-n6c7ccccc7c7cc8ccccc8cc76)ccc5c34)n2)cc1. The van der Waals surface area contributed by atoms with Gasteiger partial charge in [0.15, 0.2) is 17.5 Å². The molecule has 0 aliphatic carbocycles. The summed E-state index contributed by atoms with van der Waals surface area (Å²) in [5.74, 6) is 1.79. The highest BCUT2D eigenvalue weighted by atomic mass is 16.3. The number of hydrogen-bond donors (Lipinski definition) is 0. The Balaban J connectivity index is 1.01. The number of benzene rings is 10. The molecule has 13 aromatic rings. The summed E-state index contributed by atoms with van der Waals surface area (Å²) in [6, 6.07) is 68.6. The van der Waals surface area contributed by atoms with Crippen molar-refractivity contribution in [1.29, 1.82) is 0 Å². The first-order chi connectivity index (χ1) is 29.7. The van der Waals surface area contributed by atoms with E-state index in [2.05, 4.69) is 168 Å². The summed E-state index contributed by atoms with van der Waals surface area (Å²) in [5, 5.41) is 13.9. The van der Waals surface area contributed by atoms with E-state index in [1.165, 1.54) is 38.0 Å². The zero-order valence-electron chi connectivity index (χ0n) is 32.2. The molecule has 5 heteroatoms. The average Bonchev–Trinajstić information content (AvgIpc) is 3.86. The van der Waals surface area contributed by atoms with Gasteiger partial charge < -0.3 is 8.98 Å². The van der Waals surface area contributed by atoms with Crippen molar-refractivity contribution < 1.29 is 4.42 Å². The Labute approximate surface area is 343 Å². The number of furan rings is 1. The van der Waals surface area contributed by atoms with Gasteiger partial charge in [-0.15, -0.1) is 0 Å². The lowest BCUT2D eigenvalue weighted by molar-refractivity contribution is 0.670. The molecule has 0 aliphatic rings. The van der Waals surface area contributed by atoms with Crippen molar-refractivity contribution in [3.63, 3.8) is 0 Å². The van der Waals surface area contributed by atoms with Crippen LogP contribution in [0.2, 0.25) is 0 Å². The smallest absolute Gasteiger partial charge is 0.167 e. The molecule has 0 unspecified atom stereocenters. The molecule has 13 rings (SSSR count). The Morgan fingerprint density at radius 3 is 1.85 bits per heavy atom. The maximum absolute atomic E-state index is 6.82. The van der Waals surface area contributed by atoms with Crippen molar-refractivity contribution in [3.05, 3.63) is 194 Å². The van der Waals surface area contributed by atoms with E-state index >= 15 is 0 Å². The maximum Gasteiger partial charge on any atom is 0.167 e. The summed E-state index contributed by atoms with van der Waals surface area (Å²) in [5.41, 5.74) is 7.75. The van der Waals surface area contributed by atoms with Gasteiger partial charge in [-0.25, -0.2) is 15.0 Å². The van der Waals surface area contributed by atoms with Gasteiger partial charge in [0.1, 0.15) is 11.2 Å². The minimum atomic E-state index is 0.561. The molecule has 0 aliphatic heterocycles. The Kier molecular flexibility index (Phi) is 6.95. The normalized spacial score (nSPS) is 12.0. The van der Waals surface area contributed by atoms with Crippen LogP contribution in [0.1, 0.15) is 0 Å². The zero-order valence-corrected chi connectivity index (χ0v) is 32.2. The summed E-state index contributed by atoms with van der Waals surface area (Å²) in [7, 11) is 0. The van der Waals surface area contributed by atoms with Crippen LogP contribution < -0.4 is 0 Å². The third-order valence-corrected chi connectivity index (χ3v) is 12.2. The van der Waals surface area contributed by atoms with Gasteiger partial charge >= 0.3 is 0 Å². The van der Waals surface area contributed by atoms with Crippen LogP contribution in [0.15, 0.2) is 199 Å². The van der Waals surface area contributed by atoms with Crippen molar-refractivity contribution in [2.45, 2.75) is 0 Å². The topological polar surface area (TPSA) is 56.7 Å². The molecule has 0 saturated carbocycles. The fourth-order valence-corrected chi connectivity index (χ4v) is 9.43. The average molecular weight is 765 g/mol. The van der Waals surface area contributed by atoms with Gasteiger partial charge in [-0.05, 0) is 91.6 Å². The molecule has 0 fully saturated rings. The Hall–Kier alpha value is -8.15. The van der Waals surface area contributed by atoms with Gasteiger partial charge in [-0.2, -0.15) is 0 Å². The molecule has 3 heterocycles. The van der Waals surface area contributed by atoms with Crippen LogP contribution in [0, 0.1) is 0 Å². The standard InChI is InChI=1S/C55H32N4O/c1-2-13-33(14-3-1)53-56-54(58-55(57-53)47-31-36-17-6-7-18-39(36)41-19-8-9-20-42(41)47)45-23-12-22-44-51-40-27-26-38(29-37(40)25-28-50(51)60-52(44)45)59-48-24-11-10-21-43(48)46-30-34-15-4-5-16-35(34)32-49(46)59/h1-32H. The van der Waals surface area contributed by atoms with E-state index in [0.717, 1.165) is 71.2 Å². The highest BCUT2D eigenvalue weighted by Gasteiger charge is 2.21. The first-order valence-electron chi connectivity index (χ1n) is 20.3. The second kappa shape index (κ2) is 12.7.